The second-order valence-electron chi connectivity index (χ2n) is 3.45. The van der Waals surface area contributed by atoms with Crippen LogP contribution in [0, 0.1) is 0 Å². The molecule has 0 fully saturated rings. The van der Waals surface area contributed by atoms with Gasteiger partial charge in [0.05, 0.1) is 15.6 Å². The summed E-state index contributed by atoms with van der Waals surface area (Å²) < 4.78 is 0. The molecule has 0 aliphatic heterocycles. The van der Waals surface area contributed by atoms with Crippen LogP contribution in [-0.2, 0) is 0 Å². The van der Waals surface area contributed by atoms with Crippen molar-refractivity contribution in [1.29, 1.82) is 0 Å². The molecule has 2 aromatic carbocycles. The van der Waals surface area contributed by atoms with Gasteiger partial charge < -0.3 is 5.11 Å². The van der Waals surface area contributed by atoms with E-state index >= 15 is 0 Å². The molecule has 18 heavy (non-hydrogen) atoms. The van der Waals surface area contributed by atoms with Crippen molar-refractivity contribution in [1.82, 2.24) is 0 Å². The zero-order chi connectivity index (χ0) is 13.1. The molecule has 0 radical (unpaired) electrons. The first-order valence-electron chi connectivity index (χ1n) is 5.04. The van der Waals surface area contributed by atoms with Gasteiger partial charge in [-0.1, -0.05) is 53.2 Å². The molecule has 0 heterocycles. The van der Waals surface area contributed by atoms with Crippen LogP contribution in [0.15, 0.2) is 52.3 Å². The number of hydrogen-bond acceptors (Lipinski definition) is 2. The lowest BCUT2D eigenvalue weighted by Gasteiger charge is -2.08. The summed E-state index contributed by atoms with van der Waals surface area (Å²) in [7, 11) is 0. The molecule has 0 saturated carbocycles. The van der Waals surface area contributed by atoms with E-state index in [1.165, 1.54) is 11.8 Å². The van der Waals surface area contributed by atoms with Crippen LogP contribution in [0.4, 0.5) is 0 Å². The lowest BCUT2D eigenvalue weighted by molar-refractivity contribution is 0.0693. The summed E-state index contributed by atoms with van der Waals surface area (Å²) in [6, 6.07) is 12.2. The number of aromatic carboxylic acids is 1. The van der Waals surface area contributed by atoms with Crippen molar-refractivity contribution in [2.24, 2.45) is 0 Å². The maximum Gasteiger partial charge on any atom is 0.338 e. The summed E-state index contributed by atoms with van der Waals surface area (Å²) in [5.41, 5.74) is 0.101. The van der Waals surface area contributed by atoms with E-state index in [9.17, 15) is 4.79 Å². The van der Waals surface area contributed by atoms with Gasteiger partial charge in [-0.25, -0.2) is 4.79 Å². The van der Waals surface area contributed by atoms with E-state index in [0.29, 0.717) is 9.92 Å². The number of benzene rings is 2. The molecular weight excluding hydrogens is 291 g/mol. The second-order valence-corrected chi connectivity index (χ2v) is 5.35. The van der Waals surface area contributed by atoms with Crippen LogP contribution < -0.4 is 0 Å². The predicted molar refractivity (Wildman–Crippen MR) is 74.0 cm³/mol. The van der Waals surface area contributed by atoms with E-state index in [4.69, 9.17) is 28.3 Å². The van der Waals surface area contributed by atoms with Crippen molar-refractivity contribution in [2.45, 2.75) is 9.79 Å². The third kappa shape index (κ3) is 2.80. The first-order chi connectivity index (χ1) is 8.59. The maximum atomic E-state index is 11.2. The molecule has 5 heteroatoms. The largest absolute Gasteiger partial charge is 0.478 e. The van der Waals surface area contributed by atoms with Crippen molar-refractivity contribution in [3.63, 3.8) is 0 Å². The summed E-state index contributed by atoms with van der Waals surface area (Å²) in [5.74, 6) is -1.05. The Morgan fingerprint density at radius 1 is 0.944 bits per heavy atom. The minimum atomic E-state index is -1.05. The Morgan fingerprint density at radius 3 is 2.22 bits per heavy atom. The average molecular weight is 299 g/mol. The number of rotatable bonds is 3. The van der Waals surface area contributed by atoms with E-state index in [2.05, 4.69) is 0 Å². The van der Waals surface area contributed by atoms with Crippen molar-refractivity contribution >= 4 is 40.9 Å². The molecule has 0 saturated heterocycles. The fourth-order valence-electron chi connectivity index (χ4n) is 1.44. The lowest BCUT2D eigenvalue weighted by Crippen LogP contribution is -1.99. The van der Waals surface area contributed by atoms with Gasteiger partial charge in [0, 0.05) is 9.79 Å². The Labute approximate surface area is 119 Å². The quantitative estimate of drug-likeness (QED) is 0.881. The summed E-state index contributed by atoms with van der Waals surface area (Å²) in [5, 5.41) is 9.97. The minimum absolute atomic E-state index is 0.101. The second kappa shape index (κ2) is 5.65. The third-order valence-electron chi connectivity index (χ3n) is 2.25. The highest BCUT2D eigenvalue weighted by Crippen LogP contribution is 2.37. The zero-order valence-corrected chi connectivity index (χ0v) is 11.4. The van der Waals surface area contributed by atoms with Gasteiger partial charge in [0.1, 0.15) is 0 Å². The van der Waals surface area contributed by atoms with Crippen LogP contribution in [0.5, 0.6) is 0 Å². The molecule has 0 aliphatic carbocycles. The standard InChI is InChI=1S/C13H8Cl2O2S/c14-8-4-1-2-6-10(8)18-11-7-3-5-9(15)12(11)13(16)17/h1-7H,(H,16,17). The van der Waals surface area contributed by atoms with Gasteiger partial charge in [0.25, 0.3) is 0 Å². The van der Waals surface area contributed by atoms with E-state index in [1.807, 2.05) is 18.2 Å². The normalized spacial score (nSPS) is 10.3. The van der Waals surface area contributed by atoms with Gasteiger partial charge in [0.2, 0.25) is 0 Å². The van der Waals surface area contributed by atoms with Gasteiger partial charge in [0.15, 0.2) is 0 Å². The Hall–Kier alpha value is -1.16. The summed E-state index contributed by atoms with van der Waals surface area (Å²) in [6.07, 6.45) is 0. The number of halogens is 2. The summed E-state index contributed by atoms with van der Waals surface area (Å²) in [4.78, 5) is 12.6. The molecule has 92 valence electrons. The fraction of sp³-hybridized carbons (Fsp3) is 0. The van der Waals surface area contributed by atoms with Crippen LogP contribution in [0.1, 0.15) is 10.4 Å². The van der Waals surface area contributed by atoms with Crippen molar-refractivity contribution in [3.05, 3.63) is 58.1 Å². The maximum absolute atomic E-state index is 11.2. The molecule has 2 aromatic rings. The van der Waals surface area contributed by atoms with Crippen LogP contribution in [0.2, 0.25) is 10.0 Å². The number of carbonyl (C=O) groups is 1. The molecule has 0 unspecified atom stereocenters. The zero-order valence-electron chi connectivity index (χ0n) is 9.06. The van der Waals surface area contributed by atoms with Gasteiger partial charge >= 0.3 is 5.97 Å². The Balaban J connectivity index is 2.44. The highest BCUT2D eigenvalue weighted by molar-refractivity contribution is 7.99. The Bertz CT molecular complexity index is 599. The van der Waals surface area contributed by atoms with E-state index < -0.39 is 5.97 Å². The van der Waals surface area contributed by atoms with E-state index in [0.717, 1.165) is 4.90 Å². The fourth-order valence-corrected chi connectivity index (χ4v) is 3.00. The average Bonchev–Trinajstić information content (AvgIpc) is 2.31. The molecule has 2 rings (SSSR count). The van der Waals surface area contributed by atoms with Gasteiger partial charge in [-0.2, -0.15) is 0 Å². The molecule has 0 bridgehead atoms. The molecule has 0 spiro atoms. The smallest absolute Gasteiger partial charge is 0.338 e. The van der Waals surface area contributed by atoms with Crippen molar-refractivity contribution in [2.75, 3.05) is 0 Å². The SMILES string of the molecule is O=C(O)c1c(Cl)cccc1Sc1ccccc1Cl. The topological polar surface area (TPSA) is 37.3 Å². The highest BCUT2D eigenvalue weighted by Gasteiger charge is 2.15. The first-order valence-corrected chi connectivity index (χ1v) is 6.61. The molecular formula is C13H8Cl2O2S. The minimum Gasteiger partial charge on any atom is -0.478 e. The predicted octanol–water partition coefficient (Wildman–Crippen LogP) is 4.84. The number of hydrogen-bond donors (Lipinski definition) is 1. The van der Waals surface area contributed by atoms with Crippen LogP contribution in [0.25, 0.3) is 0 Å². The van der Waals surface area contributed by atoms with Gasteiger partial charge in [-0.3, -0.25) is 0 Å². The van der Waals surface area contributed by atoms with Crippen molar-refractivity contribution < 1.29 is 9.90 Å². The molecule has 0 aromatic heterocycles. The monoisotopic (exact) mass is 298 g/mol. The highest BCUT2D eigenvalue weighted by atomic mass is 35.5. The summed E-state index contributed by atoms with van der Waals surface area (Å²) >= 11 is 13.2. The van der Waals surface area contributed by atoms with Crippen LogP contribution in [-0.4, -0.2) is 11.1 Å². The van der Waals surface area contributed by atoms with E-state index in [-0.39, 0.29) is 10.6 Å². The van der Waals surface area contributed by atoms with Crippen LogP contribution in [0.3, 0.4) is 0 Å². The number of carboxylic acids is 1. The molecule has 1 N–H and O–H groups in total. The molecule has 0 amide bonds. The van der Waals surface area contributed by atoms with Gasteiger partial charge in [-0.15, -0.1) is 0 Å². The van der Waals surface area contributed by atoms with Gasteiger partial charge in [-0.05, 0) is 24.3 Å². The first kappa shape index (κ1) is 13.3. The Kier molecular flexibility index (Phi) is 4.17. The van der Waals surface area contributed by atoms with Crippen LogP contribution >= 0.6 is 35.0 Å². The van der Waals surface area contributed by atoms with Crippen molar-refractivity contribution in [3.8, 4) is 0 Å². The molecule has 2 nitrogen and oxygen atoms in total. The number of carboxylic acid groups (broad SMARTS) is 1. The Morgan fingerprint density at radius 2 is 1.56 bits per heavy atom. The third-order valence-corrected chi connectivity index (χ3v) is 4.14. The molecule has 0 aliphatic rings. The lowest BCUT2D eigenvalue weighted by atomic mass is 10.2. The van der Waals surface area contributed by atoms with E-state index in [1.54, 1.807) is 24.3 Å². The summed E-state index contributed by atoms with van der Waals surface area (Å²) in [6.45, 7) is 0. The molecule has 0 atom stereocenters.